The molecular formula is C11H18N2OS. The van der Waals surface area contributed by atoms with E-state index in [2.05, 4.69) is 29.5 Å². The van der Waals surface area contributed by atoms with Crippen LogP contribution in [0, 0.1) is 0 Å². The van der Waals surface area contributed by atoms with Gasteiger partial charge in [0.15, 0.2) is 5.13 Å². The lowest BCUT2D eigenvalue weighted by Gasteiger charge is -2.22. The summed E-state index contributed by atoms with van der Waals surface area (Å²) < 4.78 is 5.71. The van der Waals surface area contributed by atoms with Crippen molar-refractivity contribution in [2.75, 3.05) is 18.5 Å². The van der Waals surface area contributed by atoms with Crippen LogP contribution in [0.4, 0.5) is 5.13 Å². The molecule has 1 fully saturated rings. The molecule has 0 amide bonds. The molecule has 84 valence electrons. The van der Waals surface area contributed by atoms with Crippen LogP contribution >= 0.6 is 11.3 Å². The summed E-state index contributed by atoms with van der Waals surface area (Å²) in [7, 11) is 0. The molecule has 2 rings (SSSR count). The van der Waals surface area contributed by atoms with Gasteiger partial charge in [0.2, 0.25) is 0 Å². The van der Waals surface area contributed by atoms with Gasteiger partial charge in [0, 0.05) is 18.5 Å². The van der Waals surface area contributed by atoms with Gasteiger partial charge < -0.3 is 10.1 Å². The summed E-state index contributed by atoms with van der Waals surface area (Å²) in [6, 6.07) is 0. The molecule has 1 N–H and O–H groups in total. The summed E-state index contributed by atoms with van der Waals surface area (Å²) >= 11 is 1.68. The smallest absolute Gasteiger partial charge is 0.182 e. The Morgan fingerprint density at radius 1 is 1.67 bits per heavy atom. The zero-order chi connectivity index (χ0) is 10.7. The van der Waals surface area contributed by atoms with Crippen LogP contribution in [0.1, 0.15) is 32.4 Å². The van der Waals surface area contributed by atoms with Crippen molar-refractivity contribution in [2.45, 2.75) is 38.7 Å². The first-order valence-electron chi connectivity index (χ1n) is 5.54. The number of thiazole rings is 1. The summed E-state index contributed by atoms with van der Waals surface area (Å²) in [5, 5.41) is 6.49. The Kier molecular flexibility index (Phi) is 3.26. The number of aryl methyl sites for hydroxylation is 1. The SMILES string of the molecule is CCc1csc(NCC2(C)CCCO2)n1. The molecule has 0 spiro atoms. The van der Waals surface area contributed by atoms with Gasteiger partial charge in [0.05, 0.1) is 11.3 Å². The Morgan fingerprint density at radius 3 is 3.13 bits per heavy atom. The van der Waals surface area contributed by atoms with Gasteiger partial charge in [-0.05, 0) is 26.2 Å². The first kappa shape index (κ1) is 10.9. The quantitative estimate of drug-likeness (QED) is 0.857. The van der Waals surface area contributed by atoms with Crippen LogP contribution in [0.2, 0.25) is 0 Å². The van der Waals surface area contributed by atoms with E-state index in [1.165, 1.54) is 12.1 Å². The normalized spacial score (nSPS) is 25.7. The number of aromatic nitrogens is 1. The van der Waals surface area contributed by atoms with E-state index in [4.69, 9.17) is 4.74 Å². The second kappa shape index (κ2) is 4.49. The van der Waals surface area contributed by atoms with E-state index in [0.29, 0.717) is 0 Å². The number of hydrogen-bond acceptors (Lipinski definition) is 4. The third kappa shape index (κ3) is 2.69. The van der Waals surface area contributed by atoms with Crippen molar-refractivity contribution >= 4 is 16.5 Å². The Morgan fingerprint density at radius 2 is 2.53 bits per heavy atom. The molecule has 4 heteroatoms. The summed E-state index contributed by atoms with van der Waals surface area (Å²) in [5.74, 6) is 0. The summed E-state index contributed by atoms with van der Waals surface area (Å²) in [5.41, 5.74) is 1.18. The average molecular weight is 226 g/mol. The molecule has 1 unspecified atom stereocenters. The largest absolute Gasteiger partial charge is 0.373 e. The molecule has 1 aromatic heterocycles. The number of ether oxygens (including phenoxy) is 1. The first-order chi connectivity index (χ1) is 7.22. The number of nitrogens with zero attached hydrogens (tertiary/aromatic N) is 1. The van der Waals surface area contributed by atoms with E-state index in [1.807, 2.05) is 0 Å². The predicted molar refractivity (Wildman–Crippen MR) is 63.6 cm³/mol. The molecule has 1 aromatic rings. The zero-order valence-corrected chi connectivity index (χ0v) is 10.2. The lowest BCUT2D eigenvalue weighted by atomic mass is 10.0. The maximum Gasteiger partial charge on any atom is 0.182 e. The number of rotatable bonds is 4. The number of anilines is 1. The van der Waals surface area contributed by atoms with Gasteiger partial charge in [-0.3, -0.25) is 0 Å². The molecule has 2 heterocycles. The van der Waals surface area contributed by atoms with Gasteiger partial charge in [-0.2, -0.15) is 0 Å². The molecular weight excluding hydrogens is 208 g/mol. The van der Waals surface area contributed by atoms with Gasteiger partial charge in [-0.15, -0.1) is 11.3 Å². The molecule has 15 heavy (non-hydrogen) atoms. The van der Waals surface area contributed by atoms with Crippen molar-refractivity contribution in [3.63, 3.8) is 0 Å². The third-order valence-corrected chi connectivity index (χ3v) is 3.68. The fourth-order valence-electron chi connectivity index (χ4n) is 1.79. The molecule has 1 saturated heterocycles. The Bertz CT molecular complexity index is 318. The van der Waals surface area contributed by atoms with E-state index in [1.54, 1.807) is 11.3 Å². The topological polar surface area (TPSA) is 34.1 Å². The van der Waals surface area contributed by atoms with Crippen LogP contribution in [-0.2, 0) is 11.2 Å². The van der Waals surface area contributed by atoms with Crippen molar-refractivity contribution in [3.05, 3.63) is 11.1 Å². The molecule has 3 nitrogen and oxygen atoms in total. The van der Waals surface area contributed by atoms with Gasteiger partial charge in [0.1, 0.15) is 0 Å². The van der Waals surface area contributed by atoms with E-state index in [-0.39, 0.29) is 5.60 Å². The van der Waals surface area contributed by atoms with Crippen LogP contribution in [-0.4, -0.2) is 23.7 Å². The highest BCUT2D eigenvalue weighted by atomic mass is 32.1. The van der Waals surface area contributed by atoms with Crippen molar-refractivity contribution in [3.8, 4) is 0 Å². The van der Waals surface area contributed by atoms with E-state index in [0.717, 1.165) is 31.1 Å². The van der Waals surface area contributed by atoms with Crippen LogP contribution in [0.5, 0.6) is 0 Å². The van der Waals surface area contributed by atoms with Crippen molar-refractivity contribution in [1.82, 2.24) is 4.98 Å². The minimum absolute atomic E-state index is 0.0120. The Labute approximate surface area is 94.9 Å². The van der Waals surface area contributed by atoms with Gasteiger partial charge in [0.25, 0.3) is 0 Å². The predicted octanol–water partition coefficient (Wildman–Crippen LogP) is 2.69. The number of nitrogens with one attached hydrogen (secondary N) is 1. The van der Waals surface area contributed by atoms with Crippen LogP contribution in [0.25, 0.3) is 0 Å². The lowest BCUT2D eigenvalue weighted by Crippen LogP contribution is -2.32. The minimum Gasteiger partial charge on any atom is -0.373 e. The van der Waals surface area contributed by atoms with E-state index >= 15 is 0 Å². The maximum absolute atomic E-state index is 5.71. The monoisotopic (exact) mass is 226 g/mol. The third-order valence-electron chi connectivity index (χ3n) is 2.83. The molecule has 1 aliphatic rings. The average Bonchev–Trinajstić information content (AvgIpc) is 2.84. The molecule has 0 saturated carbocycles. The molecule has 0 bridgehead atoms. The second-order valence-corrected chi connectivity index (χ2v) is 5.11. The maximum atomic E-state index is 5.71. The highest BCUT2D eigenvalue weighted by Crippen LogP contribution is 2.26. The summed E-state index contributed by atoms with van der Waals surface area (Å²) in [6.45, 7) is 6.06. The minimum atomic E-state index is 0.0120. The van der Waals surface area contributed by atoms with Gasteiger partial charge in [-0.1, -0.05) is 6.92 Å². The second-order valence-electron chi connectivity index (χ2n) is 4.25. The molecule has 1 aliphatic heterocycles. The van der Waals surface area contributed by atoms with Crippen molar-refractivity contribution < 1.29 is 4.74 Å². The molecule has 0 radical (unpaired) electrons. The van der Waals surface area contributed by atoms with Crippen molar-refractivity contribution in [2.24, 2.45) is 0 Å². The summed E-state index contributed by atoms with van der Waals surface area (Å²) in [4.78, 5) is 4.47. The lowest BCUT2D eigenvalue weighted by molar-refractivity contribution is 0.0315. The number of hydrogen-bond donors (Lipinski definition) is 1. The highest BCUT2D eigenvalue weighted by molar-refractivity contribution is 7.13. The molecule has 0 aliphatic carbocycles. The first-order valence-corrected chi connectivity index (χ1v) is 6.42. The van der Waals surface area contributed by atoms with Crippen LogP contribution in [0.15, 0.2) is 5.38 Å². The summed E-state index contributed by atoms with van der Waals surface area (Å²) in [6.07, 6.45) is 3.33. The molecule has 1 atom stereocenters. The van der Waals surface area contributed by atoms with Gasteiger partial charge >= 0.3 is 0 Å². The van der Waals surface area contributed by atoms with Crippen LogP contribution in [0.3, 0.4) is 0 Å². The fraction of sp³-hybridized carbons (Fsp3) is 0.727. The Balaban J connectivity index is 1.87. The Hall–Kier alpha value is -0.610. The van der Waals surface area contributed by atoms with E-state index in [9.17, 15) is 0 Å². The zero-order valence-electron chi connectivity index (χ0n) is 9.38. The van der Waals surface area contributed by atoms with Crippen molar-refractivity contribution in [1.29, 1.82) is 0 Å². The standard InChI is InChI=1S/C11H18N2OS/c1-3-9-7-15-10(13-9)12-8-11(2)5-4-6-14-11/h7H,3-6,8H2,1-2H3,(H,12,13). The molecule has 0 aromatic carbocycles. The van der Waals surface area contributed by atoms with Gasteiger partial charge in [-0.25, -0.2) is 4.98 Å². The fourth-order valence-corrected chi connectivity index (χ4v) is 2.58. The highest BCUT2D eigenvalue weighted by Gasteiger charge is 2.29. The van der Waals surface area contributed by atoms with Crippen LogP contribution < -0.4 is 5.32 Å². The van der Waals surface area contributed by atoms with E-state index < -0.39 is 0 Å².